The molecule has 0 nitrogen and oxygen atoms in total. The second kappa shape index (κ2) is 11.5. The Morgan fingerprint density at radius 3 is 1.96 bits per heavy atom. The monoisotopic (exact) mass is 562 g/mol. The van der Waals surface area contributed by atoms with E-state index in [1.807, 2.05) is 0 Å². The Morgan fingerprint density at radius 2 is 1.72 bits per heavy atom. The van der Waals surface area contributed by atoms with E-state index in [-0.39, 0.29) is 56.1 Å². The molecule has 1 aliphatic heterocycles. The Balaban J connectivity index is 0. The summed E-state index contributed by atoms with van der Waals surface area (Å²) in [5.41, 5.74) is 4.39. The molecule has 1 fully saturated rings. The van der Waals surface area contributed by atoms with Crippen LogP contribution in [0.5, 0.6) is 0 Å². The maximum atomic E-state index is 3.55. The molecule has 1 heterocycles. The molecule has 3 aliphatic rings. The normalized spacial score (nSPS) is 21.5. The average molecular weight is 562 g/mol. The van der Waals surface area contributed by atoms with Gasteiger partial charge in [0.1, 0.15) is 0 Å². The van der Waals surface area contributed by atoms with Crippen LogP contribution in [0.1, 0.15) is 60.8 Å². The zero-order valence-corrected chi connectivity index (χ0v) is 22.8. The molecule has 0 N–H and O–H groups in total. The zero-order valence-electron chi connectivity index (χ0n) is 16.7. The molecular weight excluding hydrogens is 530 g/mol. The third-order valence-corrected chi connectivity index (χ3v) is 11.4. The summed E-state index contributed by atoms with van der Waals surface area (Å²) in [7, 11) is -0.891. The van der Waals surface area contributed by atoms with Crippen LogP contribution < -0.4 is 24.8 Å². The van der Waals surface area contributed by atoms with Crippen molar-refractivity contribution in [2.24, 2.45) is 5.41 Å². The van der Waals surface area contributed by atoms with Crippen molar-refractivity contribution in [2.45, 2.75) is 78.9 Å². The summed E-state index contributed by atoms with van der Waals surface area (Å²) < 4.78 is 0. The molecule has 0 aromatic rings. The van der Waals surface area contributed by atoms with Gasteiger partial charge in [-0.25, -0.2) is 16.8 Å². The minimum atomic E-state index is -0.891. The van der Waals surface area contributed by atoms with E-state index in [0.717, 1.165) is 6.42 Å². The van der Waals surface area contributed by atoms with Crippen LogP contribution in [0.3, 0.4) is 0 Å². The van der Waals surface area contributed by atoms with Gasteiger partial charge < -0.3 is 24.8 Å². The van der Waals surface area contributed by atoms with Crippen molar-refractivity contribution >= 4 is 8.07 Å². The van der Waals surface area contributed by atoms with E-state index < -0.39 is 8.07 Å². The molecule has 138 valence electrons. The predicted molar refractivity (Wildman–Crippen MR) is 100 cm³/mol. The zero-order chi connectivity index (χ0) is 16.4. The number of allylic oxidation sites excluding steroid dienone is 8. The first kappa shape index (κ1) is 27.8. The number of hydrogen-bond donors (Lipinski definition) is 0. The van der Waals surface area contributed by atoms with Crippen molar-refractivity contribution in [3.63, 3.8) is 0 Å². The number of rotatable bonds is 3. The summed E-state index contributed by atoms with van der Waals surface area (Å²) in [6.45, 7) is 13.2. The summed E-state index contributed by atoms with van der Waals surface area (Å²) in [5, 5.41) is 1.66. The fraction of sp³-hybridized carbons (Fsp3) is 0.619. The maximum absolute atomic E-state index is 3.55. The van der Waals surface area contributed by atoms with Crippen LogP contribution in [-0.2, 0) is 25.8 Å². The van der Waals surface area contributed by atoms with Crippen molar-refractivity contribution in [1.82, 2.24) is 0 Å². The van der Waals surface area contributed by atoms with Gasteiger partial charge in [-0.3, -0.25) is 12.2 Å². The quantitative estimate of drug-likeness (QED) is 0.350. The Bertz CT molecular complexity index is 552. The van der Waals surface area contributed by atoms with E-state index in [1.54, 1.807) is 17.3 Å². The van der Waals surface area contributed by atoms with E-state index in [1.165, 1.54) is 35.6 Å². The molecule has 0 aromatic carbocycles. The SMILES string of the molecule is CC1=[C-]C(C)(C)C(C)=C1C.CCC[Si]1(C2=[C-]CC=C2)CCC1.[Cl-].[Cl-].[Hf+4]. The van der Waals surface area contributed by atoms with Gasteiger partial charge in [0.25, 0.3) is 0 Å². The van der Waals surface area contributed by atoms with Crippen LogP contribution in [0.4, 0.5) is 0 Å². The summed E-state index contributed by atoms with van der Waals surface area (Å²) in [6.07, 6.45) is 15.6. The van der Waals surface area contributed by atoms with Crippen LogP contribution in [0.2, 0.25) is 18.1 Å². The summed E-state index contributed by atoms with van der Waals surface area (Å²) >= 11 is 0. The van der Waals surface area contributed by atoms with Gasteiger partial charge in [-0.2, -0.15) is 17.2 Å². The van der Waals surface area contributed by atoms with Crippen molar-refractivity contribution in [2.75, 3.05) is 0 Å². The Hall–Kier alpha value is 0.627. The van der Waals surface area contributed by atoms with Gasteiger partial charge in [-0.05, 0) is 0 Å². The first-order chi connectivity index (χ1) is 10.3. The van der Waals surface area contributed by atoms with Crippen molar-refractivity contribution in [3.05, 3.63) is 46.2 Å². The maximum Gasteiger partial charge on any atom is 4.00 e. The molecular formula is C21H32Cl2HfSi. The number of halogens is 2. The molecule has 4 heteroatoms. The largest absolute Gasteiger partial charge is 4.00 e. The van der Waals surface area contributed by atoms with Gasteiger partial charge in [0.15, 0.2) is 0 Å². The van der Waals surface area contributed by atoms with Gasteiger partial charge in [0.05, 0.1) is 0 Å². The molecule has 0 radical (unpaired) electrons. The van der Waals surface area contributed by atoms with Crippen molar-refractivity contribution in [3.8, 4) is 0 Å². The molecule has 0 amide bonds. The van der Waals surface area contributed by atoms with Gasteiger partial charge >= 0.3 is 25.8 Å². The third-order valence-electron chi connectivity index (χ3n) is 5.87. The van der Waals surface area contributed by atoms with E-state index in [0.29, 0.717) is 0 Å². The standard InChI is InChI=1S/C11H17Si.C10H15.2ClH.Hf/c1-2-8-12(9-5-10-12)11-6-3-4-7-11;1-7-6-10(4,5)9(3)8(7)2;;;/h3,6H,2,4-5,8-10H2,1H3;1-5H3;2*1H;/q2*-1;;;+4/p-2. The predicted octanol–water partition coefficient (Wildman–Crippen LogP) is 0.595. The van der Waals surface area contributed by atoms with E-state index >= 15 is 0 Å². The molecule has 0 bridgehead atoms. The average Bonchev–Trinajstić information content (AvgIpc) is 3.00. The van der Waals surface area contributed by atoms with Crippen LogP contribution in [-0.4, -0.2) is 8.07 Å². The minimum absolute atomic E-state index is 0. The summed E-state index contributed by atoms with van der Waals surface area (Å²) in [5.74, 6) is 0. The van der Waals surface area contributed by atoms with Crippen LogP contribution in [0, 0.1) is 17.6 Å². The molecule has 1 saturated heterocycles. The topological polar surface area (TPSA) is 0 Å². The molecule has 3 rings (SSSR count). The molecule has 0 unspecified atom stereocenters. The summed E-state index contributed by atoms with van der Waals surface area (Å²) in [4.78, 5) is 0. The second-order valence-corrected chi connectivity index (χ2v) is 12.3. The van der Waals surface area contributed by atoms with E-state index in [2.05, 4.69) is 65.8 Å². The van der Waals surface area contributed by atoms with E-state index in [9.17, 15) is 0 Å². The smallest absolute Gasteiger partial charge is 1.00 e. The molecule has 0 aromatic heterocycles. The number of hydrogen-bond acceptors (Lipinski definition) is 0. The van der Waals surface area contributed by atoms with Gasteiger partial charge in [0.2, 0.25) is 0 Å². The second-order valence-electron chi connectivity index (χ2n) is 7.71. The Labute approximate surface area is 188 Å². The van der Waals surface area contributed by atoms with Gasteiger partial charge in [-0.1, -0.05) is 71.0 Å². The van der Waals surface area contributed by atoms with Gasteiger partial charge in [-0.15, -0.1) is 13.3 Å². The fourth-order valence-corrected chi connectivity index (χ4v) is 8.33. The minimum Gasteiger partial charge on any atom is -1.00 e. The molecule has 25 heavy (non-hydrogen) atoms. The molecule has 0 spiro atoms. The Morgan fingerprint density at radius 1 is 1.12 bits per heavy atom. The molecule has 0 saturated carbocycles. The first-order valence-electron chi connectivity index (χ1n) is 8.90. The van der Waals surface area contributed by atoms with Crippen LogP contribution >= 0.6 is 0 Å². The fourth-order valence-electron chi connectivity index (χ4n) is 3.91. The van der Waals surface area contributed by atoms with Gasteiger partial charge in [0, 0.05) is 8.07 Å². The van der Waals surface area contributed by atoms with Crippen LogP contribution in [0.15, 0.2) is 34.1 Å². The first-order valence-corrected chi connectivity index (χ1v) is 11.5. The van der Waals surface area contributed by atoms with Crippen molar-refractivity contribution < 1.29 is 50.7 Å². The molecule has 0 atom stereocenters. The van der Waals surface area contributed by atoms with E-state index in [4.69, 9.17) is 0 Å². The van der Waals surface area contributed by atoms with Crippen LogP contribution in [0.25, 0.3) is 0 Å². The third kappa shape index (κ3) is 6.33. The summed E-state index contributed by atoms with van der Waals surface area (Å²) in [6, 6.07) is 4.61. The Kier molecular flexibility index (Phi) is 12.8. The van der Waals surface area contributed by atoms with Crippen molar-refractivity contribution in [1.29, 1.82) is 0 Å². The molecule has 2 aliphatic carbocycles.